The van der Waals surface area contributed by atoms with Gasteiger partial charge in [0.2, 0.25) is 0 Å². The molecule has 1 amide bonds. The maximum absolute atomic E-state index is 13.4. The number of benzene rings is 1. The monoisotopic (exact) mass is 521 g/mol. The van der Waals surface area contributed by atoms with Crippen molar-refractivity contribution in [3.8, 4) is 0 Å². The third kappa shape index (κ3) is 7.23. The molecule has 0 aliphatic carbocycles. The fraction of sp³-hybridized carbons (Fsp3) is 0.480. The van der Waals surface area contributed by atoms with Crippen LogP contribution in [0, 0.1) is 0 Å². The van der Waals surface area contributed by atoms with Crippen LogP contribution in [-0.4, -0.2) is 49.7 Å². The molecule has 0 radical (unpaired) electrons. The third-order valence-electron chi connectivity index (χ3n) is 5.66. The number of thioether (sulfide) groups is 1. The third-order valence-corrected chi connectivity index (χ3v) is 8.07. The highest BCUT2D eigenvalue weighted by Crippen LogP contribution is 2.34. The van der Waals surface area contributed by atoms with Crippen molar-refractivity contribution in [2.45, 2.75) is 68.4 Å². The largest absolute Gasteiger partial charge is 0.480 e. The molecule has 0 fully saturated rings. The van der Waals surface area contributed by atoms with E-state index in [9.17, 15) is 14.7 Å². The molecule has 2 N–H and O–H groups in total. The first-order chi connectivity index (χ1) is 16.2. The Bertz CT molecular complexity index is 1130. The molecule has 9 heteroatoms. The highest BCUT2D eigenvalue weighted by Gasteiger charge is 2.30. The van der Waals surface area contributed by atoms with Gasteiger partial charge in [-0.1, -0.05) is 56.0 Å². The smallest absolute Gasteiger partial charge is 0.319 e. The summed E-state index contributed by atoms with van der Waals surface area (Å²) in [4.78, 5) is 34.5. The lowest BCUT2D eigenvalue weighted by atomic mass is 10.1. The molecule has 0 unspecified atom stereocenters. The summed E-state index contributed by atoms with van der Waals surface area (Å²) in [5, 5.41) is 12.9. The van der Waals surface area contributed by atoms with Gasteiger partial charge in [-0.15, -0.1) is 11.3 Å². The molecule has 1 aromatic carbocycles. The lowest BCUT2D eigenvalue weighted by molar-refractivity contribution is -0.138. The van der Waals surface area contributed by atoms with Crippen LogP contribution in [0.1, 0.15) is 69.1 Å². The number of hydrogen-bond donors (Lipinski definition) is 2. The molecular formula is C25H32ClN3O3S2. The number of carboxylic acids is 1. The average Bonchev–Trinajstić information content (AvgIpc) is 3.41. The van der Waals surface area contributed by atoms with Gasteiger partial charge in [-0.25, -0.2) is 4.98 Å². The first kappa shape index (κ1) is 26.6. The molecule has 0 atom stereocenters. The minimum atomic E-state index is -0.936. The average molecular weight is 522 g/mol. The van der Waals surface area contributed by atoms with Crippen LogP contribution in [0.5, 0.6) is 0 Å². The fourth-order valence-corrected chi connectivity index (χ4v) is 5.98. The number of thiazole rings is 1. The van der Waals surface area contributed by atoms with Crippen LogP contribution in [0.2, 0.25) is 5.02 Å². The SMILES string of the molecule is CCCCCCCN(CCc1csc(SC(C)(C)C(=O)O)n1)C(=O)c1cc2cc(Cl)ccc2[nH]1. The van der Waals surface area contributed by atoms with Crippen molar-refractivity contribution < 1.29 is 14.7 Å². The Labute approximate surface area is 214 Å². The zero-order valence-electron chi connectivity index (χ0n) is 19.9. The topological polar surface area (TPSA) is 86.3 Å². The Kier molecular flexibility index (Phi) is 9.45. The summed E-state index contributed by atoms with van der Waals surface area (Å²) >= 11 is 8.80. The molecule has 0 bridgehead atoms. The molecule has 34 heavy (non-hydrogen) atoms. The summed E-state index contributed by atoms with van der Waals surface area (Å²) in [6, 6.07) is 7.41. The van der Waals surface area contributed by atoms with E-state index < -0.39 is 10.7 Å². The molecule has 3 rings (SSSR count). The molecule has 2 aromatic heterocycles. The summed E-state index contributed by atoms with van der Waals surface area (Å²) in [7, 11) is 0. The Morgan fingerprint density at radius 1 is 1.18 bits per heavy atom. The van der Waals surface area contributed by atoms with Gasteiger partial charge in [0, 0.05) is 40.8 Å². The van der Waals surface area contributed by atoms with Crippen LogP contribution in [0.4, 0.5) is 0 Å². The normalized spacial score (nSPS) is 11.8. The predicted molar refractivity (Wildman–Crippen MR) is 141 cm³/mol. The Hall–Kier alpha value is -2.03. The summed E-state index contributed by atoms with van der Waals surface area (Å²) in [6.07, 6.45) is 6.25. The molecule has 0 aliphatic rings. The van der Waals surface area contributed by atoms with Gasteiger partial charge in [0.05, 0.1) is 5.69 Å². The van der Waals surface area contributed by atoms with Crippen molar-refractivity contribution in [2.75, 3.05) is 13.1 Å². The molecule has 184 valence electrons. The Morgan fingerprint density at radius 2 is 1.94 bits per heavy atom. The number of aliphatic carboxylic acids is 1. The first-order valence-electron chi connectivity index (χ1n) is 11.6. The summed E-state index contributed by atoms with van der Waals surface area (Å²) in [5.74, 6) is -0.895. The van der Waals surface area contributed by atoms with Crippen molar-refractivity contribution in [1.82, 2.24) is 14.9 Å². The molecular weight excluding hydrogens is 490 g/mol. The Morgan fingerprint density at radius 3 is 2.68 bits per heavy atom. The van der Waals surface area contributed by atoms with Crippen molar-refractivity contribution in [3.63, 3.8) is 0 Å². The standard InChI is InChI=1S/C25H32ClN3O3S2/c1-4-5-6-7-8-12-29(22(30)21-15-17-14-18(26)9-10-20(17)28-21)13-11-19-16-33-24(27-19)34-25(2,3)23(31)32/h9-10,14-16,28H,4-8,11-13H2,1-3H3,(H,31,32). The van der Waals surface area contributed by atoms with Gasteiger partial charge in [0.25, 0.3) is 5.91 Å². The number of nitrogens with zero attached hydrogens (tertiary/aromatic N) is 2. The number of carbonyl (C=O) groups is 2. The van der Waals surface area contributed by atoms with E-state index in [1.807, 2.05) is 34.5 Å². The van der Waals surface area contributed by atoms with Gasteiger partial charge in [-0.05, 0) is 44.5 Å². The van der Waals surface area contributed by atoms with Crippen LogP contribution in [0.15, 0.2) is 34.0 Å². The maximum Gasteiger partial charge on any atom is 0.319 e. The number of unbranched alkanes of at least 4 members (excludes halogenated alkanes) is 4. The van der Waals surface area contributed by atoms with Crippen molar-refractivity contribution >= 4 is 57.5 Å². The van der Waals surface area contributed by atoms with Gasteiger partial charge in [-0.3, -0.25) is 9.59 Å². The molecule has 0 saturated heterocycles. The lowest BCUT2D eigenvalue weighted by Crippen LogP contribution is -2.34. The summed E-state index contributed by atoms with van der Waals surface area (Å²) in [6.45, 7) is 6.78. The number of fused-ring (bicyclic) bond motifs is 1. The summed E-state index contributed by atoms with van der Waals surface area (Å²) in [5.41, 5.74) is 2.32. The fourth-order valence-electron chi connectivity index (χ4n) is 3.57. The molecule has 2 heterocycles. The molecule has 3 aromatic rings. The zero-order chi connectivity index (χ0) is 24.7. The van der Waals surface area contributed by atoms with Crippen molar-refractivity contribution in [2.24, 2.45) is 0 Å². The van der Waals surface area contributed by atoms with Crippen LogP contribution >= 0.6 is 34.7 Å². The molecule has 0 spiro atoms. The van der Waals surface area contributed by atoms with E-state index in [-0.39, 0.29) is 5.91 Å². The van der Waals surface area contributed by atoms with E-state index in [0.717, 1.165) is 33.8 Å². The van der Waals surface area contributed by atoms with E-state index in [0.29, 0.717) is 30.2 Å². The highest BCUT2D eigenvalue weighted by atomic mass is 35.5. The van der Waals surface area contributed by atoms with E-state index in [2.05, 4.69) is 16.9 Å². The number of carbonyl (C=O) groups excluding carboxylic acids is 1. The van der Waals surface area contributed by atoms with Gasteiger partial charge in [0.15, 0.2) is 4.34 Å². The van der Waals surface area contributed by atoms with Gasteiger partial charge in [0.1, 0.15) is 10.4 Å². The number of carboxylic acid groups (broad SMARTS) is 1. The molecule has 0 aliphatic heterocycles. The number of hydrogen-bond acceptors (Lipinski definition) is 5. The van der Waals surface area contributed by atoms with Crippen molar-refractivity contribution in [1.29, 1.82) is 0 Å². The van der Waals surface area contributed by atoms with E-state index in [1.165, 1.54) is 42.4 Å². The van der Waals surface area contributed by atoms with E-state index >= 15 is 0 Å². The lowest BCUT2D eigenvalue weighted by Gasteiger charge is -2.22. The van der Waals surface area contributed by atoms with E-state index in [1.54, 1.807) is 13.8 Å². The number of aromatic nitrogens is 2. The number of halogens is 1. The minimum Gasteiger partial charge on any atom is -0.480 e. The van der Waals surface area contributed by atoms with Gasteiger partial charge >= 0.3 is 5.97 Å². The quantitative estimate of drug-likeness (QED) is 0.189. The second-order valence-electron chi connectivity index (χ2n) is 8.89. The van der Waals surface area contributed by atoms with Crippen LogP contribution in [-0.2, 0) is 11.2 Å². The van der Waals surface area contributed by atoms with Crippen LogP contribution in [0.25, 0.3) is 10.9 Å². The number of rotatable bonds is 13. The van der Waals surface area contributed by atoms with Crippen LogP contribution in [0.3, 0.4) is 0 Å². The second-order valence-corrected chi connectivity index (χ2v) is 12.1. The van der Waals surface area contributed by atoms with Gasteiger partial charge in [-0.2, -0.15) is 0 Å². The minimum absolute atomic E-state index is 0.0281. The number of aromatic amines is 1. The first-order valence-corrected chi connectivity index (χ1v) is 13.7. The van der Waals surface area contributed by atoms with E-state index in [4.69, 9.17) is 11.6 Å². The summed E-state index contributed by atoms with van der Waals surface area (Å²) < 4.78 is -0.207. The van der Waals surface area contributed by atoms with Crippen molar-refractivity contribution in [3.05, 3.63) is 46.1 Å². The number of H-pyrrole nitrogens is 1. The molecule has 6 nitrogen and oxygen atoms in total. The predicted octanol–water partition coefficient (Wildman–Crippen LogP) is 6.89. The number of nitrogens with one attached hydrogen (secondary N) is 1. The number of amides is 1. The highest BCUT2D eigenvalue weighted by molar-refractivity contribution is 8.03. The molecule has 0 saturated carbocycles. The van der Waals surface area contributed by atoms with Crippen LogP contribution < -0.4 is 0 Å². The zero-order valence-corrected chi connectivity index (χ0v) is 22.3. The second kappa shape index (κ2) is 12.1. The maximum atomic E-state index is 13.4. The Balaban J connectivity index is 1.68. The van der Waals surface area contributed by atoms with Gasteiger partial charge < -0.3 is 15.0 Å².